The fraction of sp³-hybridized carbons (Fsp3) is 0.545. The number of aromatic nitrogens is 1. The van der Waals surface area contributed by atoms with E-state index in [1.165, 1.54) is 6.07 Å². The first-order chi connectivity index (χ1) is 8.19. The largest absolute Gasteiger partial charge is 0.383 e. The Labute approximate surface area is 109 Å². The Balaban J connectivity index is 2.79. The van der Waals surface area contributed by atoms with E-state index in [2.05, 4.69) is 20.9 Å². The summed E-state index contributed by atoms with van der Waals surface area (Å²) >= 11 is 3.18. The minimum absolute atomic E-state index is 0.322. The molecule has 6 heteroatoms. The highest BCUT2D eigenvalue weighted by molar-refractivity contribution is 9.10. The normalized spacial score (nSPS) is 10.6. The number of methoxy groups -OCH3 is 2. The maximum absolute atomic E-state index is 13.7. The average molecular weight is 307 g/mol. The van der Waals surface area contributed by atoms with Crippen LogP contribution in [0.4, 0.5) is 10.2 Å². The summed E-state index contributed by atoms with van der Waals surface area (Å²) in [4.78, 5) is 5.88. The first kappa shape index (κ1) is 14.3. The zero-order valence-electron chi connectivity index (χ0n) is 9.95. The summed E-state index contributed by atoms with van der Waals surface area (Å²) in [5.41, 5.74) is 0. The summed E-state index contributed by atoms with van der Waals surface area (Å²) in [6.45, 7) is 2.18. The van der Waals surface area contributed by atoms with E-state index in [0.717, 1.165) is 0 Å². The summed E-state index contributed by atoms with van der Waals surface area (Å²) in [6, 6.07) is 1.40. The zero-order chi connectivity index (χ0) is 12.7. The van der Waals surface area contributed by atoms with Gasteiger partial charge in [-0.25, -0.2) is 9.37 Å². The van der Waals surface area contributed by atoms with E-state index >= 15 is 0 Å². The molecule has 0 saturated heterocycles. The predicted octanol–water partition coefficient (Wildman–Crippen LogP) is 2.08. The second-order valence-electron chi connectivity index (χ2n) is 3.43. The Kier molecular flexibility index (Phi) is 6.39. The Morgan fingerprint density at radius 1 is 1.29 bits per heavy atom. The van der Waals surface area contributed by atoms with Crippen molar-refractivity contribution in [3.8, 4) is 0 Å². The van der Waals surface area contributed by atoms with Crippen molar-refractivity contribution in [3.05, 3.63) is 22.6 Å². The molecular weight excluding hydrogens is 291 g/mol. The number of anilines is 1. The van der Waals surface area contributed by atoms with Gasteiger partial charge in [-0.2, -0.15) is 0 Å². The summed E-state index contributed by atoms with van der Waals surface area (Å²) in [6.07, 6.45) is 1.57. The van der Waals surface area contributed by atoms with Crippen LogP contribution in [0.2, 0.25) is 0 Å². The second kappa shape index (κ2) is 7.58. The molecule has 1 aromatic rings. The van der Waals surface area contributed by atoms with Gasteiger partial charge in [-0.05, 0) is 22.0 Å². The third kappa shape index (κ3) is 4.57. The number of hydrogen-bond acceptors (Lipinski definition) is 4. The number of rotatable bonds is 7. The molecule has 0 amide bonds. The number of hydrogen-bond donors (Lipinski definition) is 0. The van der Waals surface area contributed by atoms with Gasteiger partial charge in [-0.3, -0.25) is 0 Å². The Bertz CT molecular complexity index is 344. The number of nitrogens with zero attached hydrogens (tertiary/aromatic N) is 2. The Hall–Kier alpha value is -0.720. The lowest BCUT2D eigenvalue weighted by Gasteiger charge is -2.23. The third-order valence-electron chi connectivity index (χ3n) is 2.22. The van der Waals surface area contributed by atoms with E-state index in [1.54, 1.807) is 25.3 Å². The molecule has 96 valence electrons. The molecule has 0 spiro atoms. The molecule has 0 aliphatic heterocycles. The lowest BCUT2D eigenvalue weighted by Crippen LogP contribution is -2.32. The predicted molar refractivity (Wildman–Crippen MR) is 67.9 cm³/mol. The van der Waals surface area contributed by atoms with Crippen LogP contribution in [0.3, 0.4) is 0 Å². The smallest absolute Gasteiger partial charge is 0.166 e. The fourth-order valence-electron chi connectivity index (χ4n) is 1.37. The summed E-state index contributed by atoms with van der Waals surface area (Å²) in [5, 5.41) is 0. The van der Waals surface area contributed by atoms with Gasteiger partial charge in [0.15, 0.2) is 11.6 Å². The Morgan fingerprint density at radius 3 is 2.35 bits per heavy atom. The van der Waals surface area contributed by atoms with Gasteiger partial charge < -0.3 is 14.4 Å². The van der Waals surface area contributed by atoms with Crippen LogP contribution in [0.15, 0.2) is 16.7 Å². The molecule has 1 aromatic heterocycles. The lowest BCUT2D eigenvalue weighted by atomic mass is 10.4. The van der Waals surface area contributed by atoms with E-state index in [9.17, 15) is 4.39 Å². The summed E-state index contributed by atoms with van der Waals surface area (Å²) < 4.78 is 24.4. The van der Waals surface area contributed by atoms with Gasteiger partial charge in [0, 0.05) is 38.0 Å². The highest BCUT2D eigenvalue weighted by atomic mass is 79.9. The van der Waals surface area contributed by atoms with Crippen LogP contribution >= 0.6 is 15.9 Å². The average Bonchev–Trinajstić information content (AvgIpc) is 2.30. The molecule has 4 nitrogen and oxygen atoms in total. The first-order valence-electron chi connectivity index (χ1n) is 5.23. The van der Waals surface area contributed by atoms with Crippen molar-refractivity contribution in [3.63, 3.8) is 0 Å². The van der Waals surface area contributed by atoms with Crippen molar-refractivity contribution in [2.75, 3.05) is 45.4 Å². The van der Waals surface area contributed by atoms with Gasteiger partial charge in [0.1, 0.15) is 0 Å². The van der Waals surface area contributed by atoms with Crippen molar-refractivity contribution in [2.24, 2.45) is 0 Å². The van der Waals surface area contributed by atoms with Gasteiger partial charge in [0.2, 0.25) is 0 Å². The van der Waals surface area contributed by atoms with Crippen LogP contribution in [-0.4, -0.2) is 45.5 Å². The second-order valence-corrected chi connectivity index (χ2v) is 4.35. The zero-order valence-corrected chi connectivity index (χ0v) is 11.5. The summed E-state index contributed by atoms with van der Waals surface area (Å²) in [5.74, 6) is -0.0334. The van der Waals surface area contributed by atoms with Gasteiger partial charge in [0.05, 0.1) is 13.2 Å². The van der Waals surface area contributed by atoms with Crippen LogP contribution < -0.4 is 4.90 Å². The van der Waals surface area contributed by atoms with Crippen molar-refractivity contribution in [2.45, 2.75) is 0 Å². The molecule has 0 unspecified atom stereocenters. The minimum Gasteiger partial charge on any atom is -0.383 e. The molecule has 0 radical (unpaired) electrons. The van der Waals surface area contributed by atoms with Gasteiger partial charge >= 0.3 is 0 Å². The fourth-order valence-corrected chi connectivity index (χ4v) is 1.67. The third-order valence-corrected chi connectivity index (χ3v) is 2.65. The van der Waals surface area contributed by atoms with Crippen LogP contribution in [0.1, 0.15) is 0 Å². The maximum atomic E-state index is 13.7. The van der Waals surface area contributed by atoms with Gasteiger partial charge in [-0.15, -0.1) is 0 Å². The van der Waals surface area contributed by atoms with Crippen LogP contribution in [-0.2, 0) is 9.47 Å². The molecule has 17 heavy (non-hydrogen) atoms. The van der Waals surface area contributed by atoms with E-state index in [4.69, 9.17) is 9.47 Å². The van der Waals surface area contributed by atoms with Crippen molar-refractivity contribution >= 4 is 21.7 Å². The maximum Gasteiger partial charge on any atom is 0.166 e. The number of pyridine rings is 1. The van der Waals surface area contributed by atoms with E-state index in [1.807, 2.05) is 0 Å². The highest BCUT2D eigenvalue weighted by Gasteiger charge is 2.13. The van der Waals surface area contributed by atoms with Crippen LogP contribution in [0.25, 0.3) is 0 Å². The molecule has 0 bridgehead atoms. The van der Waals surface area contributed by atoms with Gasteiger partial charge in [0.25, 0.3) is 0 Å². The molecule has 1 heterocycles. The molecule has 1 rings (SSSR count). The molecule has 0 atom stereocenters. The molecule has 0 N–H and O–H groups in total. The van der Waals surface area contributed by atoms with E-state index in [0.29, 0.717) is 36.6 Å². The quantitative estimate of drug-likeness (QED) is 0.772. The SMILES string of the molecule is COCCN(CCOC)c1ncc(Br)cc1F. The molecule has 0 aliphatic rings. The van der Waals surface area contributed by atoms with E-state index < -0.39 is 0 Å². The number of ether oxygens (including phenoxy) is 2. The van der Waals surface area contributed by atoms with Crippen LogP contribution in [0, 0.1) is 5.82 Å². The van der Waals surface area contributed by atoms with Crippen molar-refractivity contribution in [1.82, 2.24) is 4.98 Å². The molecule has 0 aromatic carbocycles. The van der Waals surface area contributed by atoms with Gasteiger partial charge in [-0.1, -0.05) is 0 Å². The number of halogens is 2. The molecular formula is C11H16BrFN2O2. The molecule has 0 fully saturated rings. The highest BCUT2D eigenvalue weighted by Crippen LogP contribution is 2.19. The first-order valence-corrected chi connectivity index (χ1v) is 6.02. The minimum atomic E-state index is -0.355. The monoisotopic (exact) mass is 306 g/mol. The van der Waals surface area contributed by atoms with Crippen molar-refractivity contribution in [1.29, 1.82) is 0 Å². The van der Waals surface area contributed by atoms with Crippen molar-refractivity contribution < 1.29 is 13.9 Å². The van der Waals surface area contributed by atoms with Crippen LogP contribution in [0.5, 0.6) is 0 Å². The lowest BCUT2D eigenvalue weighted by molar-refractivity contribution is 0.189. The molecule has 0 saturated carbocycles. The Morgan fingerprint density at radius 2 is 1.88 bits per heavy atom. The molecule has 0 aliphatic carbocycles. The summed E-state index contributed by atoms with van der Waals surface area (Å²) in [7, 11) is 3.22. The topological polar surface area (TPSA) is 34.6 Å². The van der Waals surface area contributed by atoms with E-state index in [-0.39, 0.29) is 5.82 Å². The standard InChI is InChI=1S/C11H16BrFN2O2/c1-16-5-3-15(4-6-17-2)11-10(13)7-9(12)8-14-11/h7-8H,3-6H2,1-2H3.